The van der Waals surface area contributed by atoms with Crippen LogP contribution in [0.3, 0.4) is 0 Å². The predicted octanol–water partition coefficient (Wildman–Crippen LogP) is 8.15. The molecule has 2 atom stereocenters. The number of carboxylic acids is 2. The summed E-state index contributed by atoms with van der Waals surface area (Å²) < 4.78 is 0. The van der Waals surface area contributed by atoms with Crippen LogP contribution in [0.25, 0.3) is 0 Å². The number of aliphatic hydroxyl groups is 1. The van der Waals surface area contributed by atoms with Gasteiger partial charge in [-0.2, -0.15) is 11.8 Å². The third kappa shape index (κ3) is 20.7. The number of carbonyl (C=O) groups is 3. The number of aliphatic carboxylic acids is 2. The molecule has 42 heavy (non-hydrogen) atoms. The second-order valence-corrected chi connectivity index (χ2v) is 14.0. The summed E-state index contributed by atoms with van der Waals surface area (Å²) in [6, 6.07) is -0.466. The third-order valence-corrected chi connectivity index (χ3v) is 10.2. The molecule has 0 unspecified atom stereocenters. The molecule has 0 aromatic heterocycles. The minimum atomic E-state index is -0.689. The third-order valence-electron chi connectivity index (χ3n) is 8.92. The van der Waals surface area contributed by atoms with Gasteiger partial charge in [0.1, 0.15) is 0 Å². The fourth-order valence-electron chi connectivity index (χ4n) is 5.85. The van der Waals surface area contributed by atoms with E-state index < -0.39 is 23.4 Å². The van der Waals surface area contributed by atoms with Crippen molar-refractivity contribution in [1.29, 1.82) is 0 Å². The van der Waals surface area contributed by atoms with Gasteiger partial charge in [-0.15, -0.1) is 0 Å². The number of Topliss-reactive ketones (excluding diaryl/α,β-unsaturated/α-hetero) is 1. The Kier molecular flexibility index (Phi) is 23.4. The van der Waals surface area contributed by atoms with Gasteiger partial charge in [0.25, 0.3) is 0 Å². The lowest BCUT2D eigenvalue weighted by Crippen LogP contribution is -2.40. The van der Waals surface area contributed by atoms with E-state index in [-0.39, 0.29) is 12.4 Å². The molecular weight excluding hydrogens is 550 g/mol. The van der Waals surface area contributed by atoms with Gasteiger partial charge in [-0.05, 0) is 50.2 Å². The SMILES string of the molecule is N[C@@H](CSC[C@H](CCCCCCCCCCCCC(=O)O)CCCCCCCCCCCC(=O)O)C(=O)C1(CO)CC1. The van der Waals surface area contributed by atoms with E-state index >= 15 is 0 Å². The van der Waals surface area contributed by atoms with E-state index in [0.29, 0.717) is 24.5 Å². The lowest BCUT2D eigenvalue weighted by Gasteiger charge is -2.20. The maximum atomic E-state index is 12.6. The quantitative estimate of drug-likeness (QED) is 0.0558. The molecule has 0 bridgehead atoms. The average Bonchev–Trinajstić information content (AvgIpc) is 3.76. The standard InChI is InChI=1S/C34H63NO6S/c35-30(33(41)34(28-36)24-25-34)27-42-26-29(21-17-13-9-5-3-7-11-15-19-23-32(39)40)20-16-12-8-4-1-2-6-10-14-18-22-31(37)38/h29-30,36H,1-28,35H2,(H,37,38)(H,39,40)/t29-,30+/m1/s1. The fraction of sp³-hybridized carbons (Fsp3) is 0.912. The van der Waals surface area contributed by atoms with Gasteiger partial charge in [0, 0.05) is 18.6 Å². The van der Waals surface area contributed by atoms with Crippen LogP contribution in [-0.4, -0.2) is 57.2 Å². The summed E-state index contributed by atoms with van der Waals surface area (Å²) >= 11 is 1.82. The summed E-state index contributed by atoms with van der Waals surface area (Å²) in [6.45, 7) is -0.0651. The Labute approximate surface area is 260 Å². The minimum absolute atomic E-state index is 0.0520. The van der Waals surface area contributed by atoms with E-state index in [1.54, 1.807) is 0 Å². The van der Waals surface area contributed by atoms with Crippen LogP contribution in [0.15, 0.2) is 0 Å². The molecule has 246 valence electrons. The van der Waals surface area contributed by atoms with Crippen molar-refractivity contribution < 1.29 is 29.7 Å². The summed E-state index contributed by atoms with van der Waals surface area (Å²) in [5.74, 6) is 1.06. The van der Waals surface area contributed by atoms with Crippen molar-refractivity contribution in [2.75, 3.05) is 18.1 Å². The van der Waals surface area contributed by atoms with E-state index in [9.17, 15) is 19.5 Å². The highest BCUT2D eigenvalue weighted by Gasteiger charge is 2.50. The number of nitrogens with two attached hydrogens (primary N) is 1. The number of unbranched alkanes of at least 4 members (excludes halogenated alkanes) is 17. The van der Waals surface area contributed by atoms with Crippen molar-refractivity contribution in [3.63, 3.8) is 0 Å². The summed E-state index contributed by atoms with van der Waals surface area (Å²) in [5.41, 5.74) is 5.69. The Morgan fingerprint density at radius 1 is 0.595 bits per heavy atom. The first-order valence-corrected chi connectivity index (χ1v) is 18.4. The second kappa shape index (κ2) is 25.2. The lowest BCUT2D eigenvalue weighted by atomic mass is 9.95. The van der Waals surface area contributed by atoms with Gasteiger partial charge >= 0.3 is 11.9 Å². The molecule has 1 rings (SSSR count). The second-order valence-electron chi connectivity index (χ2n) is 12.9. The van der Waals surface area contributed by atoms with Crippen molar-refractivity contribution in [1.82, 2.24) is 0 Å². The van der Waals surface area contributed by atoms with Gasteiger partial charge in [-0.3, -0.25) is 14.4 Å². The Morgan fingerprint density at radius 3 is 1.29 bits per heavy atom. The number of carboxylic acid groups (broad SMARTS) is 2. The van der Waals surface area contributed by atoms with Crippen LogP contribution in [0.5, 0.6) is 0 Å². The maximum absolute atomic E-state index is 12.6. The van der Waals surface area contributed by atoms with Crippen molar-refractivity contribution in [3.8, 4) is 0 Å². The number of hydrogen-bond acceptors (Lipinski definition) is 6. The van der Waals surface area contributed by atoms with Crippen molar-refractivity contribution in [2.24, 2.45) is 17.1 Å². The zero-order chi connectivity index (χ0) is 30.9. The summed E-state index contributed by atoms with van der Waals surface area (Å²) in [5, 5.41) is 27.0. The number of thioether (sulfide) groups is 1. The van der Waals surface area contributed by atoms with Crippen molar-refractivity contribution in [2.45, 2.75) is 167 Å². The van der Waals surface area contributed by atoms with Crippen LogP contribution in [-0.2, 0) is 14.4 Å². The zero-order valence-corrected chi connectivity index (χ0v) is 27.3. The first kappa shape index (κ1) is 38.9. The Bertz CT molecular complexity index is 714. The molecule has 1 saturated carbocycles. The van der Waals surface area contributed by atoms with Gasteiger partial charge in [0.15, 0.2) is 5.78 Å². The molecular formula is C34H63NO6S. The van der Waals surface area contributed by atoms with E-state index in [1.165, 1.54) is 96.3 Å². The van der Waals surface area contributed by atoms with Gasteiger partial charge in [-0.25, -0.2) is 0 Å². The van der Waals surface area contributed by atoms with E-state index in [1.807, 2.05) is 11.8 Å². The minimum Gasteiger partial charge on any atom is -0.481 e. The first-order chi connectivity index (χ1) is 20.3. The normalized spacial score (nSPS) is 15.4. The molecule has 1 aliphatic rings. The molecule has 0 amide bonds. The van der Waals surface area contributed by atoms with Crippen LogP contribution in [0.4, 0.5) is 0 Å². The smallest absolute Gasteiger partial charge is 0.303 e. The molecule has 8 heteroatoms. The van der Waals surface area contributed by atoms with E-state index in [2.05, 4.69) is 0 Å². The molecule has 5 N–H and O–H groups in total. The van der Waals surface area contributed by atoms with Crippen LogP contribution >= 0.6 is 11.8 Å². The Balaban J connectivity index is 2.19. The predicted molar refractivity (Wildman–Crippen MR) is 174 cm³/mol. The summed E-state index contributed by atoms with van der Waals surface area (Å²) in [4.78, 5) is 33.7. The van der Waals surface area contributed by atoms with Crippen LogP contribution in [0, 0.1) is 11.3 Å². The summed E-state index contributed by atoms with van der Waals surface area (Å²) in [7, 11) is 0. The molecule has 1 aliphatic carbocycles. The van der Waals surface area contributed by atoms with Gasteiger partial charge in [0.2, 0.25) is 0 Å². The number of hydrogen-bond donors (Lipinski definition) is 4. The van der Waals surface area contributed by atoms with Gasteiger partial charge < -0.3 is 21.1 Å². The van der Waals surface area contributed by atoms with E-state index in [4.69, 9.17) is 15.9 Å². The zero-order valence-electron chi connectivity index (χ0n) is 26.5. The lowest BCUT2D eigenvalue weighted by molar-refractivity contribution is -0.138. The number of ketones is 1. The molecule has 0 aliphatic heterocycles. The molecule has 0 aromatic carbocycles. The van der Waals surface area contributed by atoms with Crippen molar-refractivity contribution >= 4 is 29.5 Å². The maximum Gasteiger partial charge on any atom is 0.303 e. The fourth-order valence-corrected chi connectivity index (χ4v) is 7.05. The first-order valence-electron chi connectivity index (χ1n) is 17.2. The number of aliphatic hydroxyl groups excluding tert-OH is 1. The number of carbonyl (C=O) groups excluding carboxylic acids is 1. The Hall–Kier alpha value is -1.12. The molecule has 7 nitrogen and oxygen atoms in total. The Morgan fingerprint density at radius 2 is 0.952 bits per heavy atom. The molecule has 0 aromatic rings. The average molecular weight is 614 g/mol. The van der Waals surface area contributed by atoms with Gasteiger partial charge in [-0.1, -0.05) is 109 Å². The van der Waals surface area contributed by atoms with Crippen LogP contribution in [0.1, 0.15) is 161 Å². The van der Waals surface area contributed by atoms with Gasteiger partial charge in [0.05, 0.1) is 18.1 Å². The topological polar surface area (TPSA) is 138 Å². The highest BCUT2D eigenvalue weighted by molar-refractivity contribution is 7.99. The monoisotopic (exact) mass is 613 g/mol. The van der Waals surface area contributed by atoms with Crippen molar-refractivity contribution in [3.05, 3.63) is 0 Å². The molecule has 1 fully saturated rings. The van der Waals surface area contributed by atoms with E-state index in [0.717, 1.165) is 57.1 Å². The highest BCUT2D eigenvalue weighted by atomic mass is 32.2. The van der Waals surface area contributed by atoms with Crippen LogP contribution in [0.2, 0.25) is 0 Å². The molecule has 0 saturated heterocycles. The number of rotatable bonds is 32. The molecule has 0 heterocycles. The summed E-state index contributed by atoms with van der Waals surface area (Å²) in [6.07, 6.45) is 27.0. The largest absolute Gasteiger partial charge is 0.481 e. The molecule has 0 spiro atoms. The van der Waals surface area contributed by atoms with Crippen LogP contribution < -0.4 is 5.73 Å². The highest BCUT2D eigenvalue weighted by Crippen LogP contribution is 2.46. The molecule has 0 radical (unpaired) electrons.